The fourth-order valence-electron chi connectivity index (χ4n) is 3.47. The minimum Gasteiger partial charge on any atom is -0.488 e. The number of amides is 2. The highest BCUT2D eigenvalue weighted by Crippen LogP contribution is 2.30. The van der Waals surface area contributed by atoms with E-state index < -0.39 is 13.0 Å². The van der Waals surface area contributed by atoms with Gasteiger partial charge in [0.25, 0.3) is 6.43 Å². The van der Waals surface area contributed by atoms with Gasteiger partial charge >= 0.3 is 6.03 Å². The molecular formula is C16H22F2N4O2. The number of carbonyl (C=O) groups is 1. The van der Waals surface area contributed by atoms with Crippen LogP contribution in [0.5, 0.6) is 5.75 Å². The van der Waals surface area contributed by atoms with Crippen LogP contribution in [0.4, 0.5) is 13.6 Å². The van der Waals surface area contributed by atoms with Crippen molar-refractivity contribution in [2.75, 3.05) is 39.8 Å². The van der Waals surface area contributed by atoms with Gasteiger partial charge in [0.15, 0.2) is 0 Å². The quantitative estimate of drug-likeness (QED) is 0.881. The number of fused-ring (bicyclic) bond motifs is 1. The molecule has 2 saturated heterocycles. The normalized spacial score (nSPS) is 23.6. The SMILES string of the molecule is CN1C[C@@H]2CN(C(=O)NCc3cc(OCC(F)F)ccn3)C[C@@H]2C1. The highest BCUT2D eigenvalue weighted by Gasteiger charge is 2.40. The maximum atomic E-state index is 12.3. The van der Waals surface area contributed by atoms with E-state index >= 15 is 0 Å². The zero-order valence-electron chi connectivity index (χ0n) is 13.6. The fourth-order valence-corrected chi connectivity index (χ4v) is 3.47. The Morgan fingerprint density at radius 2 is 2.08 bits per heavy atom. The third-order valence-corrected chi connectivity index (χ3v) is 4.54. The summed E-state index contributed by atoms with van der Waals surface area (Å²) in [7, 11) is 2.11. The van der Waals surface area contributed by atoms with Gasteiger partial charge in [0.05, 0.1) is 12.2 Å². The number of aromatic nitrogens is 1. The number of alkyl halides is 2. The molecule has 6 nitrogen and oxygen atoms in total. The van der Waals surface area contributed by atoms with Crippen LogP contribution in [-0.2, 0) is 6.54 Å². The van der Waals surface area contributed by atoms with Gasteiger partial charge in [-0.25, -0.2) is 13.6 Å². The van der Waals surface area contributed by atoms with Crippen LogP contribution in [0.25, 0.3) is 0 Å². The Morgan fingerprint density at radius 1 is 1.38 bits per heavy atom. The Hall–Kier alpha value is -1.96. The molecule has 1 aromatic heterocycles. The number of halogens is 2. The molecule has 0 spiro atoms. The number of carbonyl (C=O) groups excluding carboxylic acids is 1. The van der Waals surface area contributed by atoms with Crippen molar-refractivity contribution in [3.05, 3.63) is 24.0 Å². The second-order valence-electron chi connectivity index (χ2n) is 6.49. The summed E-state index contributed by atoms with van der Waals surface area (Å²) in [6, 6.07) is 2.98. The Balaban J connectivity index is 1.47. The van der Waals surface area contributed by atoms with E-state index in [1.807, 2.05) is 4.90 Å². The van der Waals surface area contributed by atoms with Crippen LogP contribution in [0.1, 0.15) is 5.69 Å². The highest BCUT2D eigenvalue weighted by molar-refractivity contribution is 5.74. The Kier molecular flexibility index (Phi) is 5.13. The van der Waals surface area contributed by atoms with Crippen molar-refractivity contribution in [3.8, 4) is 5.75 Å². The number of rotatable bonds is 5. The standard InChI is InChI=1S/C16H22F2N4O2/c1-21-6-11-8-22(9-12(11)7-21)16(23)20-5-13-4-14(2-3-19-13)24-10-15(17)18/h2-4,11-12,15H,5-10H2,1H3,(H,20,23)/t11-,12+. The molecule has 2 amide bonds. The number of likely N-dealkylation sites (tertiary alicyclic amines) is 2. The third-order valence-electron chi connectivity index (χ3n) is 4.54. The van der Waals surface area contributed by atoms with Gasteiger partial charge in [-0.05, 0) is 24.9 Å². The highest BCUT2D eigenvalue weighted by atomic mass is 19.3. The summed E-state index contributed by atoms with van der Waals surface area (Å²) < 4.78 is 29.3. The molecule has 1 aromatic rings. The zero-order valence-corrected chi connectivity index (χ0v) is 13.6. The molecule has 8 heteroatoms. The third kappa shape index (κ3) is 4.11. The first-order chi connectivity index (χ1) is 11.5. The molecule has 2 fully saturated rings. The molecule has 2 atom stereocenters. The number of urea groups is 1. The Morgan fingerprint density at radius 3 is 2.75 bits per heavy atom. The van der Waals surface area contributed by atoms with E-state index in [2.05, 4.69) is 22.2 Å². The summed E-state index contributed by atoms with van der Waals surface area (Å²) in [4.78, 5) is 20.6. The van der Waals surface area contributed by atoms with Crippen LogP contribution < -0.4 is 10.1 Å². The summed E-state index contributed by atoms with van der Waals surface area (Å²) in [6.45, 7) is 3.24. The molecule has 2 aliphatic heterocycles. The van der Waals surface area contributed by atoms with Gasteiger partial charge in [0.1, 0.15) is 12.4 Å². The molecule has 24 heavy (non-hydrogen) atoms. The Bertz CT molecular complexity index is 573. The summed E-state index contributed by atoms with van der Waals surface area (Å²) in [5, 5.41) is 2.84. The van der Waals surface area contributed by atoms with Gasteiger partial charge in [-0.15, -0.1) is 0 Å². The molecule has 0 aromatic carbocycles. The predicted octanol–water partition coefficient (Wildman–Crippen LogP) is 1.43. The van der Waals surface area contributed by atoms with E-state index in [1.54, 1.807) is 6.07 Å². The molecular weight excluding hydrogens is 318 g/mol. The van der Waals surface area contributed by atoms with Crippen molar-refractivity contribution in [2.45, 2.75) is 13.0 Å². The molecule has 132 valence electrons. The van der Waals surface area contributed by atoms with Gasteiger partial charge in [-0.2, -0.15) is 0 Å². The van der Waals surface area contributed by atoms with Crippen molar-refractivity contribution in [2.24, 2.45) is 11.8 Å². The minimum absolute atomic E-state index is 0.104. The van der Waals surface area contributed by atoms with Gasteiger partial charge in [-0.3, -0.25) is 4.98 Å². The van der Waals surface area contributed by atoms with Crippen LogP contribution in [0.3, 0.4) is 0 Å². The number of pyridine rings is 1. The van der Waals surface area contributed by atoms with Crippen molar-refractivity contribution < 1.29 is 18.3 Å². The Labute approximate surface area is 139 Å². The van der Waals surface area contributed by atoms with Gasteiger partial charge < -0.3 is 19.9 Å². The number of nitrogens with zero attached hydrogens (tertiary/aromatic N) is 3. The average Bonchev–Trinajstić information content (AvgIpc) is 3.08. The van der Waals surface area contributed by atoms with Crippen LogP contribution in [0.15, 0.2) is 18.3 Å². The van der Waals surface area contributed by atoms with Crippen LogP contribution in [-0.4, -0.2) is 67.1 Å². The first-order valence-corrected chi connectivity index (χ1v) is 8.08. The summed E-state index contributed by atoms with van der Waals surface area (Å²) in [6.07, 6.45) is -1.03. The molecule has 0 bridgehead atoms. The lowest BCUT2D eigenvalue weighted by Gasteiger charge is -2.19. The van der Waals surface area contributed by atoms with Crippen LogP contribution in [0.2, 0.25) is 0 Å². The lowest BCUT2D eigenvalue weighted by atomic mass is 10.0. The second kappa shape index (κ2) is 7.29. The molecule has 1 N–H and O–H groups in total. The van der Waals surface area contributed by atoms with E-state index in [4.69, 9.17) is 4.74 Å². The van der Waals surface area contributed by atoms with Crippen molar-refractivity contribution in [1.29, 1.82) is 0 Å². The monoisotopic (exact) mass is 340 g/mol. The first kappa shape index (κ1) is 16.9. The van der Waals surface area contributed by atoms with E-state index in [-0.39, 0.29) is 12.6 Å². The second-order valence-corrected chi connectivity index (χ2v) is 6.49. The molecule has 3 rings (SSSR count). The maximum absolute atomic E-state index is 12.3. The van der Waals surface area contributed by atoms with Crippen LogP contribution >= 0.6 is 0 Å². The van der Waals surface area contributed by atoms with Crippen molar-refractivity contribution >= 4 is 6.03 Å². The molecule has 3 heterocycles. The van der Waals surface area contributed by atoms with Crippen LogP contribution in [0, 0.1) is 11.8 Å². The number of ether oxygens (including phenoxy) is 1. The fraction of sp³-hybridized carbons (Fsp3) is 0.625. The summed E-state index contributed by atoms with van der Waals surface area (Å²) >= 11 is 0. The molecule has 0 radical (unpaired) electrons. The van der Waals surface area contributed by atoms with Gasteiger partial charge in [0.2, 0.25) is 0 Å². The van der Waals surface area contributed by atoms with Crippen molar-refractivity contribution in [1.82, 2.24) is 20.1 Å². The van der Waals surface area contributed by atoms with E-state index in [0.717, 1.165) is 26.2 Å². The summed E-state index contributed by atoms with van der Waals surface area (Å²) in [5.41, 5.74) is 0.578. The molecule has 2 aliphatic rings. The van der Waals surface area contributed by atoms with Gasteiger partial charge in [-0.1, -0.05) is 0 Å². The average molecular weight is 340 g/mol. The molecule has 0 unspecified atom stereocenters. The molecule has 0 saturated carbocycles. The predicted molar refractivity (Wildman–Crippen MR) is 84.0 cm³/mol. The lowest BCUT2D eigenvalue weighted by molar-refractivity contribution is 0.0818. The largest absolute Gasteiger partial charge is 0.488 e. The number of hydrogen-bond acceptors (Lipinski definition) is 4. The lowest BCUT2D eigenvalue weighted by Crippen LogP contribution is -2.39. The number of hydrogen-bond donors (Lipinski definition) is 1. The first-order valence-electron chi connectivity index (χ1n) is 8.08. The summed E-state index contributed by atoms with van der Waals surface area (Å²) in [5.74, 6) is 1.45. The number of nitrogens with one attached hydrogen (secondary N) is 1. The molecule has 0 aliphatic carbocycles. The minimum atomic E-state index is -2.52. The smallest absolute Gasteiger partial charge is 0.317 e. The van der Waals surface area contributed by atoms with E-state index in [0.29, 0.717) is 23.3 Å². The van der Waals surface area contributed by atoms with E-state index in [9.17, 15) is 13.6 Å². The maximum Gasteiger partial charge on any atom is 0.317 e. The zero-order chi connectivity index (χ0) is 17.1. The van der Waals surface area contributed by atoms with E-state index in [1.165, 1.54) is 12.3 Å². The van der Waals surface area contributed by atoms with Crippen molar-refractivity contribution in [3.63, 3.8) is 0 Å². The van der Waals surface area contributed by atoms with Gasteiger partial charge in [0, 0.05) is 38.4 Å². The topological polar surface area (TPSA) is 57.7 Å².